The Labute approximate surface area is 167 Å². The fraction of sp³-hybridized carbons (Fsp3) is 0.450. The largest absolute Gasteiger partial charge is 0.467 e. The summed E-state index contributed by atoms with van der Waals surface area (Å²) in [4.78, 5) is 34.0. The molecule has 156 valence electrons. The van der Waals surface area contributed by atoms with Crippen molar-refractivity contribution in [2.45, 2.75) is 38.8 Å². The molecule has 3 rings (SSSR count). The molecule has 7 nitrogen and oxygen atoms in total. The first-order chi connectivity index (χ1) is 13.9. The Morgan fingerprint density at radius 1 is 1.41 bits per heavy atom. The molecule has 0 aliphatic carbocycles. The van der Waals surface area contributed by atoms with Gasteiger partial charge in [0.05, 0.1) is 19.1 Å². The monoisotopic (exact) mass is 406 g/mol. The van der Waals surface area contributed by atoms with E-state index in [2.05, 4.69) is 15.3 Å². The third kappa shape index (κ3) is 4.08. The van der Waals surface area contributed by atoms with Crippen LogP contribution in [0.5, 0.6) is 0 Å². The maximum absolute atomic E-state index is 14.6. The van der Waals surface area contributed by atoms with Crippen molar-refractivity contribution in [1.29, 1.82) is 0 Å². The molecule has 2 aromatic rings. The molecule has 1 aromatic heterocycles. The van der Waals surface area contributed by atoms with Gasteiger partial charge in [-0.3, -0.25) is 0 Å². The van der Waals surface area contributed by atoms with Crippen molar-refractivity contribution < 1.29 is 23.1 Å². The summed E-state index contributed by atoms with van der Waals surface area (Å²) >= 11 is 0. The minimum absolute atomic E-state index is 0.132. The summed E-state index contributed by atoms with van der Waals surface area (Å²) in [6, 6.07) is 1.01. The van der Waals surface area contributed by atoms with E-state index in [1.807, 2.05) is 13.8 Å². The van der Waals surface area contributed by atoms with Gasteiger partial charge in [-0.15, -0.1) is 0 Å². The number of urea groups is 1. The maximum Gasteiger partial charge on any atom is 0.328 e. The quantitative estimate of drug-likeness (QED) is 0.748. The zero-order chi connectivity index (χ0) is 21.1. The van der Waals surface area contributed by atoms with E-state index in [-0.39, 0.29) is 18.0 Å². The summed E-state index contributed by atoms with van der Waals surface area (Å²) in [5, 5.41) is 2.72. The normalized spacial score (nSPS) is 18.0. The number of carbonyl (C=O) groups excluding carboxylic acids is 2. The smallest absolute Gasteiger partial charge is 0.328 e. The molecule has 0 spiro atoms. The van der Waals surface area contributed by atoms with E-state index >= 15 is 0 Å². The number of benzene rings is 1. The Balaban J connectivity index is 1.96. The van der Waals surface area contributed by atoms with Gasteiger partial charge in [0.25, 0.3) is 0 Å². The number of methoxy groups -OCH3 is 1. The fourth-order valence-electron chi connectivity index (χ4n) is 3.55. The van der Waals surface area contributed by atoms with Crippen LogP contribution in [0.25, 0.3) is 0 Å². The van der Waals surface area contributed by atoms with Gasteiger partial charge in [-0.05, 0) is 12.0 Å². The Bertz CT molecular complexity index is 902. The zero-order valence-corrected chi connectivity index (χ0v) is 16.5. The first kappa shape index (κ1) is 20.8. The Kier molecular flexibility index (Phi) is 6.14. The van der Waals surface area contributed by atoms with E-state index in [0.717, 1.165) is 17.8 Å². The predicted octanol–water partition coefficient (Wildman–Crippen LogP) is 2.93. The summed E-state index contributed by atoms with van der Waals surface area (Å²) in [6.07, 6.45) is 2.63. The van der Waals surface area contributed by atoms with E-state index in [1.54, 1.807) is 0 Å². The average molecular weight is 406 g/mol. The van der Waals surface area contributed by atoms with Crippen LogP contribution in [-0.2, 0) is 16.0 Å². The molecule has 1 aliphatic heterocycles. The molecule has 9 heteroatoms. The van der Waals surface area contributed by atoms with Gasteiger partial charge in [-0.25, -0.2) is 23.4 Å². The van der Waals surface area contributed by atoms with Crippen molar-refractivity contribution in [2.75, 3.05) is 13.7 Å². The number of esters is 1. The molecule has 0 bridgehead atoms. The second-order valence-corrected chi connectivity index (χ2v) is 7.11. The van der Waals surface area contributed by atoms with Crippen LogP contribution in [0.2, 0.25) is 0 Å². The van der Waals surface area contributed by atoms with Crippen LogP contribution >= 0.6 is 0 Å². The number of aromatic nitrogens is 2. The summed E-state index contributed by atoms with van der Waals surface area (Å²) in [5.41, 5.74) is 1.41. The standard InChI is InChI=1S/C20H24F2N4O3/c1-4-11(2)16(19(27)29-3)25-20(28)26-8-7-15-17(24-10-23-15)18(26)13-6-5-12(21)9-14(13)22/h5-6,9-11,16,18H,4,7-8H2,1-3H3,(H,23,24)(H,25,28)/t11-,16-,18-/m0/s1. The number of carbonyl (C=O) groups is 2. The summed E-state index contributed by atoms with van der Waals surface area (Å²) in [5.74, 6) is -2.18. The maximum atomic E-state index is 14.6. The van der Waals surface area contributed by atoms with E-state index in [4.69, 9.17) is 4.74 Å². The number of halogens is 2. The summed E-state index contributed by atoms with van der Waals surface area (Å²) in [6.45, 7) is 4.01. The van der Waals surface area contributed by atoms with Gasteiger partial charge in [0.2, 0.25) is 0 Å². The molecule has 2 heterocycles. The Morgan fingerprint density at radius 2 is 2.17 bits per heavy atom. The number of fused-ring (bicyclic) bond motifs is 1. The molecular weight excluding hydrogens is 382 g/mol. The van der Waals surface area contributed by atoms with Crippen LogP contribution in [0.3, 0.4) is 0 Å². The molecule has 2 N–H and O–H groups in total. The number of aromatic amines is 1. The highest BCUT2D eigenvalue weighted by molar-refractivity contribution is 5.84. The SMILES string of the molecule is CC[C@H](C)[C@H](NC(=O)N1CCc2[nH]cnc2[C@@H]1c1ccc(F)cc1F)C(=O)OC. The number of ether oxygens (including phenoxy) is 1. The van der Waals surface area contributed by atoms with Crippen LogP contribution in [0.15, 0.2) is 24.5 Å². The van der Waals surface area contributed by atoms with Crippen molar-refractivity contribution in [3.63, 3.8) is 0 Å². The van der Waals surface area contributed by atoms with Gasteiger partial charge in [0.15, 0.2) is 0 Å². The van der Waals surface area contributed by atoms with Crippen molar-refractivity contribution in [3.05, 3.63) is 53.1 Å². The minimum atomic E-state index is -0.846. The van der Waals surface area contributed by atoms with Gasteiger partial charge >= 0.3 is 12.0 Å². The number of hydrogen-bond donors (Lipinski definition) is 2. The molecule has 0 unspecified atom stereocenters. The fourth-order valence-corrected chi connectivity index (χ4v) is 3.55. The molecule has 0 saturated heterocycles. The van der Waals surface area contributed by atoms with Crippen molar-refractivity contribution >= 4 is 12.0 Å². The van der Waals surface area contributed by atoms with Crippen LogP contribution in [-0.4, -0.2) is 46.6 Å². The second-order valence-electron chi connectivity index (χ2n) is 7.11. The highest BCUT2D eigenvalue weighted by Crippen LogP contribution is 2.35. The molecule has 1 aromatic carbocycles. The lowest BCUT2D eigenvalue weighted by molar-refractivity contribution is -0.144. The first-order valence-electron chi connectivity index (χ1n) is 9.49. The number of hydrogen-bond acceptors (Lipinski definition) is 4. The highest BCUT2D eigenvalue weighted by atomic mass is 19.1. The number of imidazole rings is 1. The average Bonchev–Trinajstić information content (AvgIpc) is 3.19. The third-order valence-electron chi connectivity index (χ3n) is 5.39. The second kappa shape index (κ2) is 8.59. The van der Waals surface area contributed by atoms with Crippen molar-refractivity contribution in [1.82, 2.24) is 20.2 Å². The zero-order valence-electron chi connectivity index (χ0n) is 16.5. The van der Waals surface area contributed by atoms with Crippen LogP contribution in [0, 0.1) is 17.6 Å². The van der Waals surface area contributed by atoms with Crippen molar-refractivity contribution in [2.24, 2.45) is 5.92 Å². The lowest BCUT2D eigenvalue weighted by atomic mass is 9.95. The number of amides is 2. The lowest BCUT2D eigenvalue weighted by Crippen LogP contribution is -2.53. The van der Waals surface area contributed by atoms with E-state index in [9.17, 15) is 18.4 Å². The van der Waals surface area contributed by atoms with E-state index < -0.39 is 35.7 Å². The van der Waals surface area contributed by atoms with Gasteiger partial charge in [0.1, 0.15) is 23.7 Å². The van der Waals surface area contributed by atoms with Gasteiger partial charge in [0, 0.05) is 30.3 Å². The molecule has 29 heavy (non-hydrogen) atoms. The molecule has 0 saturated carbocycles. The van der Waals surface area contributed by atoms with Gasteiger partial charge < -0.3 is 19.9 Å². The first-order valence-corrected chi connectivity index (χ1v) is 9.49. The molecule has 2 amide bonds. The highest BCUT2D eigenvalue weighted by Gasteiger charge is 2.38. The molecular formula is C20H24F2N4O3. The van der Waals surface area contributed by atoms with Crippen LogP contribution in [0.1, 0.15) is 43.3 Å². The van der Waals surface area contributed by atoms with Crippen LogP contribution in [0.4, 0.5) is 13.6 Å². The minimum Gasteiger partial charge on any atom is -0.467 e. The van der Waals surface area contributed by atoms with E-state index in [1.165, 1.54) is 24.4 Å². The molecule has 3 atom stereocenters. The van der Waals surface area contributed by atoms with Crippen LogP contribution < -0.4 is 5.32 Å². The summed E-state index contributed by atoms with van der Waals surface area (Å²) < 4.78 is 32.8. The lowest BCUT2D eigenvalue weighted by Gasteiger charge is -2.36. The Morgan fingerprint density at radius 3 is 2.83 bits per heavy atom. The number of nitrogens with one attached hydrogen (secondary N) is 2. The third-order valence-corrected chi connectivity index (χ3v) is 5.39. The number of H-pyrrole nitrogens is 1. The van der Waals surface area contributed by atoms with Gasteiger partial charge in [-0.2, -0.15) is 0 Å². The topological polar surface area (TPSA) is 87.3 Å². The summed E-state index contributed by atoms with van der Waals surface area (Å²) in [7, 11) is 1.26. The number of rotatable bonds is 5. The van der Waals surface area contributed by atoms with Crippen molar-refractivity contribution in [3.8, 4) is 0 Å². The Hall–Kier alpha value is -2.97. The predicted molar refractivity (Wildman–Crippen MR) is 101 cm³/mol. The molecule has 0 fully saturated rings. The molecule has 0 radical (unpaired) electrons. The van der Waals surface area contributed by atoms with E-state index in [0.29, 0.717) is 18.5 Å². The number of nitrogens with zero attached hydrogens (tertiary/aromatic N) is 2. The van der Waals surface area contributed by atoms with Gasteiger partial charge in [-0.1, -0.05) is 26.3 Å². The molecule has 1 aliphatic rings.